The van der Waals surface area contributed by atoms with Crippen LogP contribution in [0.25, 0.3) is 0 Å². The zero-order chi connectivity index (χ0) is 15.0. The van der Waals surface area contributed by atoms with E-state index in [2.05, 4.69) is 10.6 Å². The second kappa shape index (κ2) is 4.93. The lowest BCUT2D eigenvalue weighted by atomic mass is 10.0. The zero-order valence-electron chi connectivity index (χ0n) is 12.5. The second-order valence-corrected chi connectivity index (χ2v) is 6.61. The molecule has 4 nitrogen and oxygen atoms in total. The number of carbonyl (C=O) groups is 2. The number of amides is 2. The van der Waals surface area contributed by atoms with Crippen LogP contribution < -0.4 is 10.6 Å². The quantitative estimate of drug-likeness (QED) is 0.832. The molecule has 1 aromatic rings. The first kappa shape index (κ1) is 14.6. The van der Waals surface area contributed by atoms with Crippen molar-refractivity contribution in [2.24, 2.45) is 5.41 Å². The summed E-state index contributed by atoms with van der Waals surface area (Å²) in [6.45, 7) is 7.72. The fourth-order valence-corrected chi connectivity index (χ4v) is 2.12. The third-order valence-corrected chi connectivity index (χ3v) is 3.38. The minimum Gasteiger partial charge on any atom is -0.351 e. The Morgan fingerprint density at radius 3 is 2.30 bits per heavy atom. The normalized spacial score (nSPS) is 16.4. The number of anilines is 1. The first-order valence-corrected chi connectivity index (χ1v) is 6.94. The van der Waals surface area contributed by atoms with Gasteiger partial charge in [0.15, 0.2) is 0 Å². The van der Waals surface area contributed by atoms with Gasteiger partial charge in [0.1, 0.15) is 5.41 Å². The lowest BCUT2D eigenvalue weighted by molar-refractivity contribution is -0.135. The SMILES string of the molecule is Cc1cccc(NC(=O)C2(C(=O)NC(C)(C)C)CC2)c1. The highest BCUT2D eigenvalue weighted by molar-refractivity contribution is 6.13. The van der Waals surface area contributed by atoms with E-state index in [1.165, 1.54) is 0 Å². The summed E-state index contributed by atoms with van der Waals surface area (Å²) in [5.74, 6) is -0.375. The van der Waals surface area contributed by atoms with Gasteiger partial charge < -0.3 is 10.6 Å². The van der Waals surface area contributed by atoms with Crippen LogP contribution in [0.5, 0.6) is 0 Å². The van der Waals surface area contributed by atoms with Gasteiger partial charge in [-0.25, -0.2) is 0 Å². The van der Waals surface area contributed by atoms with Gasteiger partial charge in [0, 0.05) is 11.2 Å². The maximum atomic E-state index is 12.4. The molecule has 1 aromatic carbocycles. The van der Waals surface area contributed by atoms with Crippen LogP contribution in [0.4, 0.5) is 5.69 Å². The van der Waals surface area contributed by atoms with Gasteiger partial charge in [-0.05, 0) is 58.2 Å². The van der Waals surface area contributed by atoms with E-state index in [0.717, 1.165) is 11.3 Å². The van der Waals surface area contributed by atoms with Crippen molar-refractivity contribution >= 4 is 17.5 Å². The summed E-state index contributed by atoms with van der Waals surface area (Å²) >= 11 is 0. The monoisotopic (exact) mass is 274 g/mol. The van der Waals surface area contributed by atoms with E-state index in [0.29, 0.717) is 12.8 Å². The third kappa shape index (κ3) is 3.18. The minimum absolute atomic E-state index is 0.171. The Hall–Kier alpha value is -1.84. The van der Waals surface area contributed by atoms with Crippen molar-refractivity contribution in [2.45, 2.75) is 46.1 Å². The van der Waals surface area contributed by atoms with Crippen molar-refractivity contribution < 1.29 is 9.59 Å². The molecule has 0 atom stereocenters. The summed E-state index contributed by atoms with van der Waals surface area (Å²) in [5, 5.41) is 5.75. The van der Waals surface area contributed by atoms with Gasteiger partial charge in [-0.1, -0.05) is 12.1 Å². The van der Waals surface area contributed by atoms with Crippen LogP contribution in [0.15, 0.2) is 24.3 Å². The maximum Gasteiger partial charge on any atom is 0.240 e. The summed E-state index contributed by atoms with van der Waals surface area (Å²) in [6.07, 6.45) is 1.24. The highest BCUT2D eigenvalue weighted by Gasteiger charge is 2.57. The van der Waals surface area contributed by atoms with E-state index in [1.54, 1.807) is 0 Å². The molecule has 4 heteroatoms. The highest BCUT2D eigenvalue weighted by Crippen LogP contribution is 2.47. The fourth-order valence-electron chi connectivity index (χ4n) is 2.12. The van der Waals surface area contributed by atoms with Gasteiger partial charge in [-0.15, -0.1) is 0 Å². The van der Waals surface area contributed by atoms with E-state index in [-0.39, 0.29) is 17.4 Å². The van der Waals surface area contributed by atoms with Gasteiger partial charge in [0.05, 0.1) is 0 Å². The molecule has 0 heterocycles. The van der Waals surface area contributed by atoms with Crippen LogP contribution in [0.1, 0.15) is 39.2 Å². The molecule has 0 aromatic heterocycles. The molecular formula is C16H22N2O2. The second-order valence-electron chi connectivity index (χ2n) is 6.61. The molecule has 108 valence electrons. The zero-order valence-corrected chi connectivity index (χ0v) is 12.5. The van der Waals surface area contributed by atoms with Crippen molar-refractivity contribution in [1.82, 2.24) is 5.32 Å². The molecule has 1 fully saturated rings. The molecule has 20 heavy (non-hydrogen) atoms. The molecule has 0 bridgehead atoms. The van der Waals surface area contributed by atoms with E-state index in [9.17, 15) is 9.59 Å². The molecule has 0 radical (unpaired) electrons. The highest BCUT2D eigenvalue weighted by atomic mass is 16.2. The first-order valence-electron chi connectivity index (χ1n) is 6.94. The first-order chi connectivity index (χ1) is 9.23. The summed E-state index contributed by atoms with van der Waals surface area (Å²) in [6, 6.07) is 7.59. The van der Waals surface area contributed by atoms with Gasteiger partial charge >= 0.3 is 0 Å². The molecule has 0 saturated heterocycles. The Morgan fingerprint density at radius 1 is 1.15 bits per heavy atom. The number of rotatable bonds is 3. The topological polar surface area (TPSA) is 58.2 Å². The Kier molecular flexibility index (Phi) is 3.59. The van der Waals surface area contributed by atoms with Crippen LogP contribution in [-0.4, -0.2) is 17.4 Å². The molecule has 1 aliphatic carbocycles. The molecular weight excluding hydrogens is 252 g/mol. The van der Waals surface area contributed by atoms with Crippen molar-refractivity contribution in [3.63, 3.8) is 0 Å². The third-order valence-electron chi connectivity index (χ3n) is 3.38. The Labute approximate surface area is 119 Å². The summed E-state index contributed by atoms with van der Waals surface area (Å²) < 4.78 is 0. The molecule has 0 unspecified atom stereocenters. The predicted molar refractivity (Wildman–Crippen MR) is 79.4 cm³/mol. The number of aryl methyl sites for hydroxylation is 1. The molecule has 2 amide bonds. The Morgan fingerprint density at radius 2 is 1.80 bits per heavy atom. The molecule has 2 rings (SSSR count). The molecule has 2 N–H and O–H groups in total. The molecule has 0 spiro atoms. The summed E-state index contributed by atoms with van der Waals surface area (Å²) in [4.78, 5) is 24.6. The standard InChI is InChI=1S/C16H22N2O2/c1-11-6-5-7-12(10-11)17-13(19)16(8-9-16)14(20)18-15(2,3)4/h5-7,10H,8-9H2,1-4H3,(H,17,19)(H,18,20). The van der Waals surface area contributed by atoms with E-state index in [4.69, 9.17) is 0 Å². The Bertz CT molecular complexity index is 540. The van der Waals surface area contributed by atoms with Crippen LogP contribution in [-0.2, 0) is 9.59 Å². The van der Waals surface area contributed by atoms with Crippen LogP contribution >= 0.6 is 0 Å². The molecule has 1 aliphatic rings. The van der Waals surface area contributed by atoms with Crippen molar-refractivity contribution in [1.29, 1.82) is 0 Å². The molecule has 0 aliphatic heterocycles. The van der Waals surface area contributed by atoms with Crippen LogP contribution in [0.3, 0.4) is 0 Å². The predicted octanol–water partition coefficient (Wildman–Crippen LogP) is 2.63. The van der Waals surface area contributed by atoms with E-state index >= 15 is 0 Å². The fraction of sp³-hybridized carbons (Fsp3) is 0.500. The molecule has 1 saturated carbocycles. The number of benzene rings is 1. The number of carbonyl (C=O) groups excluding carboxylic acids is 2. The Balaban J connectivity index is 2.07. The average molecular weight is 274 g/mol. The van der Waals surface area contributed by atoms with E-state index in [1.807, 2.05) is 52.0 Å². The van der Waals surface area contributed by atoms with Gasteiger partial charge in [0.25, 0.3) is 0 Å². The van der Waals surface area contributed by atoms with Crippen molar-refractivity contribution in [3.05, 3.63) is 29.8 Å². The largest absolute Gasteiger partial charge is 0.351 e. The number of nitrogens with one attached hydrogen (secondary N) is 2. The van der Waals surface area contributed by atoms with Crippen molar-refractivity contribution in [3.8, 4) is 0 Å². The van der Waals surface area contributed by atoms with Gasteiger partial charge in [-0.2, -0.15) is 0 Å². The summed E-state index contributed by atoms with van der Waals surface area (Å²) in [5.41, 5.74) is 0.615. The minimum atomic E-state index is -0.878. The smallest absolute Gasteiger partial charge is 0.240 e. The summed E-state index contributed by atoms with van der Waals surface area (Å²) in [7, 11) is 0. The van der Waals surface area contributed by atoms with Gasteiger partial charge in [0.2, 0.25) is 11.8 Å². The van der Waals surface area contributed by atoms with E-state index < -0.39 is 5.41 Å². The van der Waals surface area contributed by atoms with Gasteiger partial charge in [-0.3, -0.25) is 9.59 Å². The van der Waals surface area contributed by atoms with Crippen molar-refractivity contribution in [2.75, 3.05) is 5.32 Å². The average Bonchev–Trinajstić information content (AvgIpc) is 3.07. The lowest BCUT2D eigenvalue weighted by Crippen LogP contribution is -2.48. The lowest BCUT2D eigenvalue weighted by Gasteiger charge is -2.24. The maximum absolute atomic E-state index is 12.4. The van der Waals surface area contributed by atoms with Crippen LogP contribution in [0, 0.1) is 12.3 Å². The number of hydrogen-bond acceptors (Lipinski definition) is 2. The van der Waals surface area contributed by atoms with Crippen LogP contribution in [0.2, 0.25) is 0 Å². The number of hydrogen-bond donors (Lipinski definition) is 2.